The Morgan fingerprint density at radius 2 is 2.03 bits per heavy atom. The van der Waals surface area contributed by atoms with E-state index in [1.807, 2.05) is 30.6 Å². The van der Waals surface area contributed by atoms with Gasteiger partial charge in [0.1, 0.15) is 0 Å². The van der Waals surface area contributed by atoms with Crippen molar-refractivity contribution >= 4 is 27.8 Å². The van der Waals surface area contributed by atoms with Gasteiger partial charge in [0, 0.05) is 64.3 Å². The first-order valence-corrected chi connectivity index (χ1v) is 9.87. The molecule has 1 aliphatic carbocycles. The third kappa shape index (κ3) is 3.18. The molecule has 7 nitrogen and oxygen atoms in total. The molecule has 2 atom stereocenters. The summed E-state index contributed by atoms with van der Waals surface area (Å²) in [4.78, 5) is 16.9. The number of nitriles is 1. The first kappa shape index (κ1) is 17.6. The standard InChI is InChI=1S/C22H21N7/c23-8-13-5-6-15-16(12-26-20(15)7-13)17-11-25-9-14-10-27-22(29-21(14)17)28-19-4-2-1-3-18(19)24/h5-7,9-12,18-19,26H,1-4,24H2,(H,27,28,29)/t18?,19-/m1/s1. The zero-order valence-electron chi connectivity index (χ0n) is 15.9. The molecule has 0 saturated heterocycles. The lowest BCUT2D eigenvalue weighted by molar-refractivity contribution is 0.402. The maximum Gasteiger partial charge on any atom is 0.223 e. The van der Waals surface area contributed by atoms with Gasteiger partial charge in [-0.1, -0.05) is 18.9 Å². The van der Waals surface area contributed by atoms with Gasteiger partial charge in [0.15, 0.2) is 0 Å². The smallest absolute Gasteiger partial charge is 0.223 e. The molecule has 0 radical (unpaired) electrons. The fraction of sp³-hybridized carbons (Fsp3) is 0.273. The Morgan fingerprint density at radius 3 is 2.90 bits per heavy atom. The minimum Gasteiger partial charge on any atom is -0.361 e. The Bertz CT molecular complexity index is 1240. The van der Waals surface area contributed by atoms with Crippen LogP contribution in [0.4, 0.5) is 5.95 Å². The van der Waals surface area contributed by atoms with Crippen molar-refractivity contribution in [2.45, 2.75) is 37.8 Å². The molecular weight excluding hydrogens is 362 g/mol. The number of aromatic amines is 1. The van der Waals surface area contributed by atoms with Gasteiger partial charge in [-0.2, -0.15) is 5.26 Å². The maximum absolute atomic E-state index is 9.14. The number of pyridine rings is 1. The van der Waals surface area contributed by atoms with Crippen molar-refractivity contribution in [3.63, 3.8) is 0 Å². The molecule has 0 aliphatic heterocycles. The van der Waals surface area contributed by atoms with Crippen LogP contribution in [0.2, 0.25) is 0 Å². The molecule has 4 aromatic rings. The number of nitrogens with zero attached hydrogens (tertiary/aromatic N) is 4. The Morgan fingerprint density at radius 1 is 1.14 bits per heavy atom. The van der Waals surface area contributed by atoms with Gasteiger partial charge in [0.05, 0.1) is 17.1 Å². The summed E-state index contributed by atoms with van der Waals surface area (Å²) in [6, 6.07) is 8.14. The van der Waals surface area contributed by atoms with E-state index < -0.39 is 0 Å². The van der Waals surface area contributed by atoms with Crippen molar-refractivity contribution in [2.75, 3.05) is 5.32 Å². The van der Waals surface area contributed by atoms with Crippen LogP contribution >= 0.6 is 0 Å². The van der Waals surface area contributed by atoms with Gasteiger partial charge in [-0.3, -0.25) is 4.98 Å². The maximum atomic E-state index is 9.14. The number of nitrogens with two attached hydrogens (primary N) is 1. The number of fused-ring (bicyclic) bond motifs is 2. The van der Waals surface area contributed by atoms with Crippen LogP contribution in [0.15, 0.2) is 43.0 Å². The lowest BCUT2D eigenvalue weighted by Gasteiger charge is -2.29. The van der Waals surface area contributed by atoms with Crippen molar-refractivity contribution in [1.82, 2.24) is 19.9 Å². The molecule has 0 spiro atoms. The van der Waals surface area contributed by atoms with Crippen molar-refractivity contribution < 1.29 is 0 Å². The fourth-order valence-corrected chi connectivity index (χ4v) is 4.14. The average Bonchev–Trinajstić information content (AvgIpc) is 3.18. The molecule has 0 amide bonds. The Hall–Kier alpha value is -3.50. The second kappa shape index (κ2) is 7.15. The Labute approximate surface area is 168 Å². The molecule has 1 fully saturated rings. The van der Waals surface area contributed by atoms with E-state index in [1.165, 1.54) is 12.8 Å². The van der Waals surface area contributed by atoms with E-state index in [-0.39, 0.29) is 12.1 Å². The van der Waals surface area contributed by atoms with Crippen molar-refractivity contribution in [3.8, 4) is 17.2 Å². The molecule has 1 aliphatic rings. The molecular formula is C22H21N7. The van der Waals surface area contributed by atoms with Crippen LogP contribution in [0.5, 0.6) is 0 Å². The number of hydrogen-bond acceptors (Lipinski definition) is 6. The summed E-state index contributed by atoms with van der Waals surface area (Å²) in [5.74, 6) is 0.596. The molecule has 29 heavy (non-hydrogen) atoms. The predicted octanol–water partition coefficient (Wildman–Crippen LogP) is 3.73. The van der Waals surface area contributed by atoms with Crippen LogP contribution < -0.4 is 11.1 Å². The normalized spacial score (nSPS) is 19.3. The summed E-state index contributed by atoms with van der Waals surface area (Å²) in [5.41, 5.74) is 10.6. The quantitative estimate of drug-likeness (QED) is 0.496. The minimum atomic E-state index is 0.128. The van der Waals surface area contributed by atoms with E-state index in [1.54, 1.807) is 12.4 Å². The number of H-pyrrole nitrogens is 1. The molecule has 144 valence electrons. The minimum absolute atomic E-state index is 0.128. The van der Waals surface area contributed by atoms with E-state index in [0.29, 0.717) is 11.5 Å². The van der Waals surface area contributed by atoms with Crippen LogP contribution in [0.1, 0.15) is 31.2 Å². The van der Waals surface area contributed by atoms with E-state index in [0.717, 1.165) is 45.8 Å². The van der Waals surface area contributed by atoms with E-state index >= 15 is 0 Å². The summed E-state index contributed by atoms with van der Waals surface area (Å²) in [6.07, 6.45) is 11.8. The zero-order chi connectivity index (χ0) is 19.8. The van der Waals surface area contributed by atoms with Gasteiger partial charge < -0.3 is 16.0 Å². The van der Waals surface area contributed by atoms with Crippen LogP contribution in [-0.4, -0.2) is 32.0 Å². The monoisotopic (exact) mass is 383 g/mol. The summed E-state index contributed by atoms with van der Waals surface area (Å²) in [7, 11) is 0. The van der Waals surface area contributed by atoms with Crippen LogP contribution in [-0.2, 0) is 0 Å². The lowest BCUT2D eigenvalue weighted by Crippen LogP contribution is -2.42. The molecule has 3 heterocycles. The number of nitrogens with one attached hydrogen (secondary N) is 2. The van der Waals surface area contributed by atoms with Gasteiger partial charge >= 0.3 is 0 Å². The van der Waals surface area contributed by atoms with Gasteiger partial charge in [-0.25, -0.2) is 9.97 Å². The summed E-state index contributed by atoms with van der Waals surface area (Å²) in [6.45, 7) is 0. The molecule has 7 heteroatoms. The van der Waals surface area contributed by atoms with Gasteiger partial charge in [0.25, 0.3) is 0 Å². The van der Waals surface area contributed by atoms with Crippen molar-refractivity contribution in [3.05, 3.63) is 48.5 Å². The van der Waals surface area contributed by atoms with Crippen LogP contribution in [0.3, 0.4) is 0 Å². The summed E-state index contributed by atoms with van der Waals surface area (Å²) >= 11 is 0. The van der Waals surface area contributed by atoms with Gasteiger partial charge in [-0.05, 0) is 25.0 Å². The van der Waals surface area contributed by atoms with E-state index in [4.69, 9.17) is 16.0 Å². The topological polar surface area (TPSA) is 116 Å². The molecule has 0 bridgehead atoms. The number of aromatic nitrogens is 4. The largest absolute Gasteiger partial charge is 0.361 e. The molecule has 1 unspecified atom stereocenters. The highest BCUT2D eigenvalue weighted by molar-refractivity contribution is 6.03. The molecule has 1 saturated carbocycles. The lowest BCUT2D eigenvalue weighted by atomic mass is 9.91. The SMILES string of the molecule is N#Cc1ccc2c(-c3cncc4cnc(N[C@@H]5CCCCC5N)nc34)c[nH]c2c1. The van der Waals surface area contributed by atoms with Gasteiger partial charge in [0.2, 0.25) is 5.95 Å². The van der Waals surface area contributed by atoms with Crippen LogP contribution in [0, 0.1) is 11.3 Å². The summed E-state index contributed by atoms with van der Waals surface area (Å²) < 4.78 is 0. The number of anilines is 1. The third-order valence-electron chi connectivity index (χ3n) is 5.72. The second-order valence-electron chi connectivity index (χ2n) is 7.59. The van der Waals surface area contributed by atoms with E-state index in [9.17, 15) is 0 Å². The Balaban J connectivity index is 1.58. The summed E-state index contributed by atoms with van der Waals surface area (Å²) in [5, 5.41) is 14.5. The molecule has 5 rings (SSSR count). The second-order valence-corrected chi connectivity index (χ2v) is 7.59. The number of rotatable bonds is 3. The van der Waals surface area contributed by atoms with Crippen LogP contribution in [0.25, 0.3) is 32.9 Å². The van der Waals surface area contributed by atoms with E-state index in [2.05, 4.69) is 26.3 Å². The highest BCUT2D eigenvalue weighted by Gasteiger charge is 2.22. The third-order valence-corrected chi connectivity index (χ3v) is 5.72. The Kier molecular flexibility index (Phi) is 4.34. The number of benzene rings is 1. The van der Waals surface area contributed by atoms with Gasteiger partial charge in [-0.15, -0.1) is 0 Å². The molecule has 1 aromatic carbocycles. The van der Waals surface area contributed by atoms with Crippen molar-refractivity contribution in [2.24, 2.45) is 5.73 Å². The first-order chi connectivity index (χ1) is 14.2. The highest BCUT2D eigenvalue weighted by atomic mass is 15.1. The predicted molar refractivity (Wildman–Crippen MR) is 113 cm³/mol. The first-order valence-electron chi connectivity index (χ1n) is 9.87. The average molecular weight is 383 g/mol. The molecule has 4 N–H and O–H groups in total. The number of hydrogen-bond donors (Lipinski definition) is 3. The fourth-order valence-electron chi connectivity index (χ4n) is 4.14. The zero-order valence-corrected chi connectivity index (χ0v) is 15.9. The van der Waals surface area contributed by atoms with Crippen molar-refractivity contribution in [1.29, 1.82) is 5.26 Å². The molecule has 3 aromatic heterocycles. The highest BCUT2D eigenvalue weighted by Crippen LogP contribution is 2.33.